The van der Waals surface area contributed by atoms with Gasteiger partial charge >= 0.3 is 0 Å². The van der Waals surface area contributed by atoms with Gasteiger partial charge in [-0.2, -0.15) is 0 Å². The second-order valence-electron chi connectivity index (χ2n) is 5.43. The van der Waals surface area contributed by atoms with Gasteiger partial charge in [0.05, 0.1) is 6.04 Å². The van der Waals surface area contributed by atoms with E-state index in [0.29, 0.717) is 44.9 Å². The number of carbonyl (C=O) groups excluding carboxylic acids is 2. The zero-order valence-corrected chi connectivity index (χ0v) is 12.0. The van der Waals surface area contributed by atoms with Crippen molar-refractivity contribution in [3.05, 3.63) is 12.7 Å². The fourth-order valence-electron chi connectivity index (χ4n) is 2.17. The van der Waals surface area contributed by atoms with Gasteiger partial charge in [0, 0.05) is 32.6 Å². The number of carbonyl (C=O) groups is 2. The Labute approximate surface area is 115 Å². The van der Waals surface area contributed by atoms with E-state index in [1.807, 2.05) is 18.7 Å². The van der Waals surface area contributed by atoms with Crippen LogP contribution in [-0.4, -0.2) is 53.8 Å². The summed E-state index contributed by atoms with van der Waals surface area (Å²) in [6.07, 6.45) is 2.72. The van der Waals surface area contributed by atoms with Crippen molar-refractivity contribution in [2.45, 2.75) is 32.7 Å². The van der Waals surface area contributed by atoms with Crippen LogP contribution in [0.3, 0.4) is 0 Å². The largest absolute Gasteiger partial charge is 0.339 e. The Morgan fingerprint density at radius 2 is 1.74 bits per heavy atom. The quantitative estimate of drug-likeness (QED) is 0.742. The Bertz CT molecular complexity index is 334. The van der Waals surface area contributed by atoms with E-state index in [-0.39, 0.29) is 11.8 Å². The summed E-state index contributed by atoms with van der Waals surface area (Å²) < 4.78 is 0. The molecule has 19 heavy (non-hydrogen) atoms. The van der Waals surface area contributed by atoms with E-state index >= 15 is 0 Å². The minimum absolute atomic E-state index is 0.0455. The molecule has 1 saturated heterocycles. The zero-order chi connectivity index (χ0) is 14.4. The van der Waals surface area contributed by atoms with Crippen molar-refractivity contribution in [3.8, 4) is 0 Å². The lowest BCUT2D eigenvalue weighted by atomic mass is 10.1. The number of amides is 2. The zero-order valence-electron chi connectivity index (χ0n) is 12.0. The first-order chi connectivity index (χ1) is 8.95. The topological polar surface area (TPSA) is 66.6 Å². The average Bonchev–Trinajstić information content (AvgIpc) is 2.37. The lowest BCUT2D eigenvalue weighted by Crippen LogP contribution is -2.54. The van der Waals surface area contributed by atoms with Crippen LogP contribution >= 0.6 is 0 Å². The molecule has 1 rings (SSSR count). The summed E-state index contributed by atoms with van der Waals surface area (Å²) in [4.78, 5) is 27.5. The Morgan fingerprint density at radius 1 is 1.21 bits per heavy atom. The SMILES string of the molecule is C=CCC(N)C(=O)N1CCN(C(=O)CC(C)C)CC1. The minimum atomic E-state index is -0.504. The highest BCUT2D eigenvalue weighted by Crippen LogP contribution is 2.09. The van der Waals surface area contributed by atoms with Crippen molar-refractivity contribution in [3.63, 3.8) is 0 Å². The lowest BCUT2D eigenvalue weighted by Gasteiger charge is -2.36. The van der Waals surface area contributed by atoms with Crippen LogP contribution in [0.4, 0.5) is 0 Å². The van der Waals surface area contributed by atoms with Crippen LogP contribution in [0.5, 0.6) is 0 Å². The summed E-state index contributed by atoms with van der Waals surface area (Å²) in [5.74, 6) is 0.501. The van der Waals surface area contributed by atoms with Crippen molar-refractivity contribution in [1.29, 1.82) is 0 Å². The van der Waals surface area contributed by atoms with E-state index in [4.69, 9.17) is 5.73 Å². The summed E-state index contributed by atoms with van der Waals surface area (Å²) in [7, 11) is 0. The molecule has 1 aliphatic heterocycles. The van der Waals surface area contributed by atoms with Gasteiger partial charge in [-0.25, -0.2) is 0 Å². The van der Waals surface area contributed by atoms with Crippen molar-refractivity contribution in [1.82, 2.24) is 9.80 Å². The van der Waals surface area contributed by atoms with Gasteiger partial charge in [-0.3, -0.25) is 9.59 Å². The molecule has 2 N–H and O–H groups in total. The monoisotopic (exact) mass is 267 g/mol. The number of piperazine rings is 1. The van der Waals surface area contributed by atoms with Gasteiger partial charge in [0.25, 0.3) is 0 Å². The molecule has 0 spiro atoms. The van der Waals surface area contributed by atoms with Crippen LogP contribution in [0.1, 0.15) is 26.7 Å². The third-order valence-electron chi connectivity index (χ3n) is 3.26. The maximum atomic E-state index is 12.0. The van der Waals surface area contributed by atoms with Crippen LogP contribution < -0.4 is 5.73 Å². The molecule has 1 heterocycles. The number of hydrogen-bond acceptors (Lipinski definition) is 3. The van der Waals surface area contributed by atoms with Crippen LogP contribution in [-0.2, 0) is 9.59 Å². The summed E-state index contributed by atoms with van der Waals surface area (Å²) in [5.41, 5.74) is 5.78. The second-order valence-corrected chi connectivity index (χ2v) is 5.43. The first kappa shape index (κ1) is 15.7. The highest BCUT2D eigenvalue weighted by atomic mass is 16.2. The fourth-order valence-corrected chi connectivity index (χ4v) is 2.17. The summed E-state index contributed by atoms with van der Waals surface area (Å²) in [6.45, 7) is 10.0. The Hall–Kier alpha value is -1.36. The molecular weight excluding hydrogens is 242 g/mol. The number of hydrogen-bond donors (Lipinski definition) is 1. The number of rotatable bonds is 5. The molecule has 5 heteroatoms. The van der Waals surface area contributed by atoms with Crippen LogP contribution in [0, 0.1) is 5.92 Å². The van der Waals surface area contributed by atoms with E-state index in [1.165, 1.54) is 0 Å². The van der Waals surface area contributed by atoms with E-state index in [1.54, 1.807) is 11.0 Å². The molecule has 1 atom stereocenters. The molecular formula is C14H25N3O2. The van der Waals surface area contributed by atoms with Crippen molar-refractivity contribution in [2.75, 3.05) is 26.2 Å². The predicted molar refractivity (Wildman–Crippen MR) is 75.4 cm³/mol. The Kier molecular flexibility index (Phi) is 6.02. The van der Waals surface area contributed by atoms with Crippen molar-refractivity contribution >= 4 is 11.8 Å². The fraction of sp³-hybridized carbons (Fsp3) is 0.714. The second kappa shape index (κ2) is 7.28. The maximum Gasteiger partial charge on any atom is 0.239 e. The first-order valence-electron chi connectivity index (χ1n) is 6.88. The Morgan fingerprint density at radius 3 is 2.21 bits per heavy atom. The molecule has 0 aromatic carbocycles. The van der Waals surface area contributed by atoms with Crippen LogP contribution in [0.25, 0.3) is 0 Å². The third-order valence-corrected chi connectivity index (χ3v) is 3.26. The van der Waals surface area contributed by atoms with E-state index < -0.39 is 6.04 Å². The molecule has 5 nitrogen and oxygen atoms in total. The summed E-state index contributed by atoms with van der Waals surface area (Å²) in [5, 5.41) is 0. The van der Waals surface area contributed by atoms with Gasteiger partial charge in [0.2, 0.25) is 11.8 Å². The molecule has 1 unspecified atom stereocenters. The number of nitrogens with zero attached hydrogens (tertiary/aromatic N) is 2. The summed E-state index contributed by atoms with van der Waals surface area (Å²) >= 11 is 0. The standard InChI is InChI=1S/C14H25N3O2/c1-4-5-12(15)14(19)17-8-6-16(7-9-17)13(18)10-11(2)3/h4,11-12H,1,5-10,15H2,2-3H3. The average molecular weight is 267 g/mol. The maximum absolute atomic E-state index is 12.0. The minimum Gasteiger partial charge on any atom is -0.339 e. The van der Waals surface area contributed by atoms with Gasteiger partial charge in [-0.15, -0.1) is 6.58 Å². The molecule has 2 amide bonds. The molecule has 0 aromatic heterocycles. The van der Waals surface area contributed by atoms with Crippen molar-refractivity contribution in [2.24, 2.45) is 11.7 Å². The molecule has 1 fully saturated rings. The van der Waals surface area contributed by atoms with E-state index in [2.05, 4.69) is 6.58 Å². The molecule has 0 saturated carbocycles. The van der Waals surface area contributed by atoms with E-state index in [0.717, 1.165) is 0 Å². The molecule has 0 aromatic rings. The van der Waals surface area contributed by atoms with Gasteiger partial charge in [-0.1, -0.05) is 19.9 Å². The highest BCUT2D eigenvalue weighted by molar-refractivity contribution is 5.82. The van der Waals surface area contributed by atoms with Gasteiger partial charge in [0.15, 0.2) is 0 Å². The van der Waals surface area contributed by atoms with Crippen LogP contribution in [0.2, 0.25) is 0 Å². The van der Waals surface area contributed by atoms with Gasteiger partial charge in [-0.05, 0) is 12.3 Å². The van der Waals surface area contributed by atoms with Crippen LogP contribution in [0.15, 0.2) is 12.7 Å². The smallest absolute Gasteiger partial charge is 0.239 e. The molecule has 0 radical (unpaired) electrons. The Balaban J connectivity index is 2.42. The highest BCUT2D eigenvalue weighted by Gasteiger charge is 2.26. The lowest BCUT2D eigenvalue weighted by molar-refractivity contribution is -0.140. The molecule has 0 bridgehead atoms. The summed E-state index contributed by atoms with van der Waals surface area (Å²) in [6, 6.07) is -0.504. The molecule has 1 aliphatic rings. The van der Waals surface area contributed by atoms with Crippen molar-refractivity contribution < 1.29 is 9.59 Å². The first-order valence-corrected chi connectivity index (χ1v) is 6.88. The van der Waals surface area contributed by atoms with E-state index in [9.17, 15) is 9.59 Å². The van der Waals surface area contributed by atoms with Gasteiger partial charge < -0.3 is 15.5 Å². The molecule has 0 aliphatic carbocycles. The predicted octanol–water partition coefficient (Wildman–Crippen LogP) is 0.607. The normalized spacial score (nSPS) is 17.5. The number of nitrogens with two attached hydrogens (primary N) is 1. The third kappa shape index (κ3) is 4.67. The molecule has 108 valence electrons. The van der Waals surface area contributed by atoms with Gasteiger partial charge in [0.1, 0.15) is 0 Å².